The first kappa shape index (κ1) is 8.01. The van der Waals surface area contributed by atoms with Gasteiger partial charge in [-0.3, -0.25) is 0 Å². The zero-order valence-corrected chi connectivity index (χ0v) is 7.99. The molecule has 2 rings (SSSR count). The molecule has 0 bridgehead atoms. The number of hydrogen-bond donors (Lipinski definition) is 0. The fraction of sp³-hybridized carbons (Fsp3) is 0.250. The normalized spacial score (nSPS) is 20.8. The summed E-state index contributed by atoms with van der Waals surface area (Å²) in [6, 6.07) is 3.89. The van der Waals surface area contributed by atoms with Crippen molar-refractivity contribution in [1.29, 1.82) is 0 Å². The van der Waals surface area contributed by atoms with Gasteiger partial charge in [-0.1, -0.05) is 12.1 Å². The maximum Gasteiger partial charge on any atom is 0.158 e. The van der Waals surface area contributed by atoms with E-state index in [9.17, 15) is 8.42 Å². The van der Waals surface area contributed by atoms with Crippen molar-refractivity contribution >= 4 is 26.7 Å². The molecule has 0 unspecified atom stereocenters. The van der Waals surface area contributed by atoms with Gasteiger partial charge in [0.1, 0.15) is 0 Å². The molecule has 0 saturated carbocycles. The molecule has 0 radical (unpaired) electrons. The summed E-state index contributed by atoms with van der Waals surface area (Å²) in [5.41, 5.74) is 0.963. The van der Waals surface area contributed by atoms with E-state index in [4.69, 9.17) is 0 Å². The monoisotopic (exact) mass is 200 g/mol. The first-order valence-corrected chi connectivity index (χ1v) is 6.31. The summed E-state index contributed by atoms with van der Waals surface area (Å²) >= 11 is 1.59. The van der Waals surface area contributed by atoms with Crippen molar-refractivity contribution in [3.8, 4) is 0 Å². The molecule has 0 aromatic carbocycles. The van der Waals surface area contributed by atoms with Crippen molar-refractivity contribution < 1.29 is 8.42 Å². The quantitative estimate of drug-likeness (QED) is 0.689. The highest BCUT2D eigenvalue weighted by Gasteiger charge is 2.20. The lowest BCUT2D eigenvalue weighted by molar-refractivity contribution is 0.603. The summed E-state index contributed by atoms with van der Waals surface area (Å²) in [7, 11) is -2.81. The molecular formula is C8H8O2S2. The van der Waals surface area contributed by atoms with Crippen LogP contribution >= 0.6 is 11.3 Å². The fourth-order valence-corrected chi connectivity index (χ4v) is 3.39. The summed E-state index contributed by atoms with van der Waals surface area (Å²) in [6.45, 7) is 0. The molecule has 0 aliphatic carbocycles. The largest absolute Gasteiger partial charge is 0.228 e. The van der Waals surface area contributed by atoms with Crippen LogP contribution in [-0.4, -0.2) is 19.9 Å². The lowest BCUT2D eigenvalue weighted by Crippen LogP contribution is -2.01. The molecule has 0 spiro atoms. The molecule has 1 aliphatic rings. The van der Waals surface area contributed by atoms with Crippen LogP contribution in [0.5, 0.6) is 0 Å². The van der Waals surface area contributed by atoms with Gasteiger partial charge < -0.3 is 0 Å². The van der Waals surface area contributed by atoms with E-state index < -0.39 is 9.84 Å². The van der Waals surface area contributed by atoms with Gasteiger partial charge in [0.15, 0.2) is 9.84 Å². The molecular weight excluding hydrogens is 192 g/mol. The zero-order chi connectivity index (χ0) is 8.60. The SMILES string of the molecule is O=S1(=O)CC=C(c2cccs2)C1. The molecule has 2 heterocycles. The molecule has 0 N–H and O–H groups in total. The molecule has 1 aromatic rings. The standard InChI is InChI=1S/C8H8O2S2/c9-12(10)5-3-7(6-12)8-2-1-4-11-8/h1-4H,5-6H2. The summed E-state index contributed by atoms with van der Waals surface area (Å²) in [5.74, 6) is 0.424. The van der Waals surface area contributed by atoms with Gasteiger partial charge in [-0.2, -0.15) is 0 Å². The maximum absolute atomic E-state index is 11.1. The Morgan fingerprint density at radius 1 is 1.42 bits per heavy atom. The summed E-state index contributed by atoms with van der Waals surface area (Å²) in [6.07, 6.45) is 1.81. The van der Waals surface area contributed by atoms with Crippen molar-refractivity contribution in [1.82, 2.24) is 0 Å². The molecule has 64 valence electrons. The van der Waals surface area contributed by atoms with Crippen molar-refractivity contribution in [3.63, 3.8) is 0 Å². The molecule has 2 nitrogen and oxygen atoms in total. The van der Waals surface area contributed by atoms with Crippen LogP contribution in [0.1, 0.15) is 4.88 Å². The zero-order valence-electron chi connectivity index (χ0n) is 6.36. The van der Waals surface area contributed by atoms with Crippen LogP contribution in [0.2, 0.25) is 0 Å². The van der Waals surface area contributed by atoms with E-state index in [0.717, 1.165) is 10.5 Å². The van der Waals surface area contributed by atoms with Crippen LogP contribution in [-0.2, 0) is 9.84 Å². The van der Waals surface area contributed by atoms with Crippen LogP contribution < -0.4 is 0 Å². The van der Waals surface area contributed by atoms with Gasteiger partial charge in [0.05, 0.1) is 11.5 Å². The second kappa shape index (κ2) is 2.71. The molecule has 1 aromatic heterocycles. The third kappa shape index (κ3) is 1.44. The average molecular weight is 200 g/mol. The van der Waals surface area contributed by atoms with Crippen molar-refractivity contribution in [2.75, 3.05) is 11.5 Å². The maximum atomic E-state index is 11.1. The Kier molecular flexibility index (Phi) is 1.81. The summed E-state index contributed by atoms with van der Waals surface area (Å²) in [5, 5.41) is 1.96. The Bertz CT molecular complexity index is 398. The molecule has 0 amide bonds. The fourth-order valence-electron chi connectivity index (χ4n) is 1.22. The van der Waals surface area contributed by atoms with E-state index in [1.54, 1.807) is 17.4 Å². The van der Waals surface area contributed by atoms with E-state index in [0.29, 0.717) is 0 Å². The van der Waals surface area contributed by atoms with Gasteiger partial charge in [0.2, 0.25) is 0 Å². The second-order valence-corrected chi connectivity index (χ2v) is 5.82. The highest BCUT2D eigenvalue weighted by molar-refractivity contribution is 7.92. The van der Waals surface area contributed by atoms with Crippen molar-refractivity contribution in [2.45, 2.75) is 0 Å². The highest BCUT2D eigenvalue weighted by atomic mass is 32.2. The van der Waals surface area contributed by atoms with Gasteiger partial charge in [0, 0.05) is 4.88 Å². The third-order valence-electron chi connectivity index (χ3n) is 1.80. The lowest BCUT2D eigenvalue weighted by Gasteiger charge is -1.94. The van der Waals surface area contributed by atoms with Gasteiger partial charge >= 0.3 is 0 Å². The highest BCUT2D eigenvalue weighted by Crippen LogP contribution is 2.25. The molecule has 12 heavy (non-hydrogen) atoms. The molecule has 0 fully saturated rings. The van der Waals surface area contributed by atoms with E-state index in [2.05, 4.69) is 0 Å². The summed E-state index contributed by atoms with van der Waals surface area (Å²) in [4.78, 5) is 1.08. The Morgan fingerprint density at radius 3 is 2.75 bits per heavy atom. The van der Waals surface area contributed by atoms with Crippen molar-refractivity contribution in [2.24, 2.45) is 0 Å². The van der Waals surface area contributed by atoms with E-state index >= 15 is 0 Å². The molecule has 1 aliphatic heterocycles. The van der Waals surface area contributed by atoms with Crippen LogP contribution in [0.15, 0.2) is 23.6 Å². The van der Waals surface area contributed by atoms with Crippen LogP contribution in [0.4, 0.5) is 0 Å². The predicted octanol–water partition coefficient (Wildman–Crippen LogP) is 1.56. The van der Waals surface area contributed by atoms with Crippen molar-refractivity contribution in [3.05, 3.63) is 28.5 Å². The average Bonchev–Trinajstić information content (AvgIpc) is 2.55. The molecule has 0 saturated heterocycles. The lowest BCUT2D eigenvalue weighted by atomic mass is 10.2. The third-order valence-corrected chi connectivity index (χ3v) is 4.17. The van der Waals surface area contributed by atoms with E-state index in [1.165, 1.54) is 0 Å². The predicted molar refractivity (Wildman–Crippen MR) is 50.9 cm³/mol. The van der Waals surface area contributed by atoms with Gasteiger partial charge in [-0.25, -0.2) is 8.42 Å². The number of thiophene rings is 1. The van der Waals surface area contributed by atoms with Gasteiger partial charge in [0.25, 0.3) is 0 Å². The molecule has 4 heteroatoms. The topological polar surface area (TPSA) is 34.1 Å². The number of hydrogen-bond acceptors (Lipinski definition) is 3. The summed E-state index contributed by atoms with van der Waals surface area (Å²) < 4.78 is 22.2. The Hall–Kier alpha value is -0.610. The molecule has 0 atom stereocenters. The smallest absolute Gasteiger partial charge is 0.158 e. The minimum absolute atomic E-state index is 0.209. The minimum Gasteiger partial charge on any atom is -0.228 e. The van der Waals surface area contributed by atoms with Gasteiger partial charge in [-0.15, -0.1) is 11.3 Å². The number of sulfone groups is 1. The van der Waals surface area contributed by atoms with Gasteiger partial charge in [-0.05, 0) is 17.0 Å². The van der Waals surface area contributed by atoms with Crippen LogP contribution in [0.25, 0.3) is 5.57 Å². The van der Waals surface area contributed by atoms with Crippen LogP contribution in [0, 0.1) is 0 Å². The first-order valence-electron chi connectivity index (χ1n) is 3.61. The Morgan fingerprint density at radius 2 is 2.25 bits per heavy atom. The van der Waals surface area contributed by atoms with E-state index in [-0.39, 0.29) is 11.5 Å². The Balaban J connectivity index is 2.31. The Labute approximate surface area is 75.5 Å². The van der Waals surface area contributed by atoms with Crippen LogP contribution in [0.3, 0.4) is 0 Å². The number of rotatable bonds is 1. The first-order chi connectivity index (χ1) is 5.67. The van der Waals surface area contributed by atoms with E-state index in [1.807, 2.05) is 17.5 Å². The second-order valence-electron chi connectivity index (χ2n) is 2.76. The minimum atomic E-state index is -2.81.